The molecule has 4 aromatic carbocycles. The summed E-state index contributed by atoms with van der Waals surface area (Å²) >= 11 is 0. The molecule has 0 atom stereocenters. The number of fused-ring (bicyclic) bond motifs is 8. The molecule has 148 valence electrons. The van der Waals surface area contributed by atoms with Crippen LogP contribution in [0.2, 0.25) is 0 Å². The zero-order chi connectivity index (χ0) is 21.0. The highest BCUT2D eigenvalue weighted by Crippen LogP contribution is 2.57. The van der Waals surface area contributed by atoms with Gasteiger partial charge in [0, 0.05) is 27.5 Å². The highest BCUT2D eigenvalue weighted by atomic mass is 16.5. The molecular weight excluding hydrogens is 376 g/mol. The SMILES string of the molecule is CC1(C)c2ccccc2-c2c1c1c(c3ccccc23)OCC=C1C#Cc1ccccc1. The standard InChI is InChI=1S/C30H22O/c1-30(2)25-15-9-8-14-24(25)27-22-12-6-7-13-23(22)29-26(28(27)30)21(18-19-31-29)17-16-20-10-4-3-5-11-20/h3-15,18H,19H2,1-2H3. The predicted molar refractivity (Wildman–Crippen MR) is 128 cm³/mol. The minimum atomic E-state index is -0.131. The van der Waals surface area contributed by atoms with E-state index in [0.717, 1.165) is 27.8 Å². The molecule has 0 N–H and O–H groups in total. The summed E-state index contributed by atoms with van der Waals surface area (Å²) in [4.78, 5) is 0. The van der Waals surface area contributed by atoms with E-state index in [1.165, 1.54) is 27.6 Å². The summed E-state index contributed by atoms with van der Waals surface area (Å²) in [7, 11) is 0. The Balaban J connectivity index is 1.70. The molecule has 4 aromatic rings. The molecule has 0 bridgehead atoms. The topological polar surface area (TPSA) is 9.23 Å². The smallest absolute Gasteiger partial charge is 0.136 e. The lowest BCUT2D eigenvalue weighted by molar-refractivity contribution is 0.361. The maximum atomic E-state index is 6.29. The van der Waals surface area contributed by atoms with E-state index in [-0.39, 0.29) is 5.41 Å². The van der Waals surface area contributed by atoms with Gasteiger partial charge in [0.15, 0.2) is 0 Å². The Kier molecular flexibility index (Phi) is 3.86. The summed E-state index contributed by atoms with van der Waals surface area (Å²) < 4.78 is 6.29. The van der Waals surface area contributed by atoms with Gasteiger partial charge in [0.1, 0.15) is 12.4 Å². The number of benzene rings is 4. The van der Waals surface area contributed by atoms with Crippen molar-refractivity contribution >= 4 is 16.3 Å². The van der Waals surface area contributed by atoms with Gasteiger partial charge in [-0.3, -0.25) is 0 Å². The second-order valence-electron chi connectivity index (χ2n) is 8.72. The minimum absolute atomic E-state index is 0.131. The first-order valence-corrected chi connectivity index (χ1v) is 10.8. The Bertz CT molecular complexity index is 1440. The van der Waals surface area contributed by atoms with E-state index >= 15 is 0 Å². The fourth-order valence-electron chi connectivity index (χ4n) is 5.18. The van der Waals surface area contributed by atoms with Crippen LogP contribution in [-0.4, -0.2) is 6.61 Å². The van der Waals surface area contributed by atoms with E-state index in [1.54, 1.807) is 0 Å². The molecule has 1 aliphatic carbocycles. The van der Waals surface area contributed by atoms with Crippen LogP contribution in [-0.2, 0) is 5.41 Å². The molecule has 1 nitrogen and oxygen atoms in total. The highest BCUT2D eigenvalue weighted by Gasteiger charge is 2.41. The van der Waals surface area contributed by atoms with Crippen LogP contribution in [0.25, 0.3) is 27.5 Å². The van der Waals surface area contributed by atoms with Crippen LogP contribution in [0.5, 0.6) is 5.75 Å². The van der Waals surface area contributed by atoms with Crippen molar-refractivity contribution in [2.75, 3.05) is 6.61 Å². The van der Waals surface area contributed by atoms with Gasteiger partial charge in [0.05, 0.1) is 0 Å². The van der Waals surface area contributed by atoms with Crippen molar-refractivity contribution in [3.8, 4) is 28.7 Å². The molecule has 6 rings (SSSR count). The molecule has 0 amide bonds. The number of hydrogen-bond donors (Lipinski definition) is 0. The molecule has 0 saturated carbocycles. The summed E-state index contributed by atoms with van der Waals surface area (Å²) in [6.45, 7) is 5.19. The molecular formula is C30H22O. The molecule has 1 aliphatic heterocycles. The van der Waals surface area contributed by atoms with Crippen molar-refractivity contribution in [2.24, 2.45) is 0 Å². The van der Waals surface area contributed by atoms with Crippen molar-refractivity contribution in [1.82, 2.24) is 0 Å². The molecule has 1 heteroatoms. The van der Waals surface area contributed by atoms with E-state index in [2.05, 4.69) is 92.4 Å². The van der Waals surface area contributed by atoms with E-state index < -0.39 is 0 Å². The zero-order valence-corrected chi connectivity index (χ0v) is 17.7. The largest absolute Gasteiger partial charge is 0.488 e. The van der Waals surface area contributed by atoms with Gasteiger partial charge >= 0.3 is 0 Å². The van der Waals surface area contributed by atoms with Crippen LogP contribution < -0.4 is 4.74 Å². The fourth-order valence-corrected chi connectivity index (χ4v) is 5.18. The molecule has 0 unspecified atom stereocenters. The summed E-state index contributed by atoms with van der Waals surface area (Å²) in [5.41, 5.74) is 8.46. The molecule has 0 saturated heterocycles. The van der Waals surface area contributed by atoms with Crippen LogP contribution >= 0.6 is 0 Å². The first-order valence-electron chi connectivity index (χ1n) is 10.8. The number of hydrogen-bond acceptors (Lipinski definition) is 1. The summed E-state index contributed by atoms with van der Waals surface area (Å²) in [6, 6.07) is 27.6. The fraction of sp³-hybridized carbons (Fsp3) is 0.133. The van der Waals surface area contributed by atoms with E-state index in [9.17, 15) is 0 Å². The molecule has 0 fully saturated rings. The van der Waals surface area contributed by atoms with Crippen LogP contribution in [0.3, 0.4) is 0 Å². The number of allylic oxidation sites excluding steroid dienone is 1. The zero-order valence-electron chi connectivity index (χ0n) is 17.7. The summed E-state index contributed by atoms with van der Waals surface area (Å²) in [5.74, 6) is 7.82. The van der Waals surface area contributed by atoms with Crippen molar-refractivity contribution in [2.45, 2.75) is 19.3 Å². The van der Waals surface area contributed by atoms with Crippen molar-refractivity contribution < 1.29 is 4.74 Å². The molecule has 2 aliphatic rings. The first-order chi connectivity index (χ1) is 15.2. The van der Waals surface area contributed by atoms with Crippen LogP contribution in [0.4, 0.5) is 0 Å². The quantitative estimate of drug-likeness (QED) is 0.291. The van der Waals surface area contributed by atoms with Gasteiger partial charge in [-0.2, -0.15) is 0 Å². The molecule has 0 spiro atoms. The predicted octanol–water partition coefficient (Wildman–Crippen LogP) is 6.97. The Labute approximate surface area is 183 Å². The Morgan fingerprint density at radius 3 is 2.29 bits per heavy atom. The van der Waals surface area contributed by atoms with E-state index in [4.69, 9.17) is 4.74 Å². The number of rotatable bonds is 0. The molecule has 1 heterocycles. The molecule has 0 aromatic heterocycles. The summed E-state index contributed by atoms with van der Waals surface area (Å²) in [5, 5.41) is 2.42. The Hall–Kier alpha value is -3.76. The second-order valence-corrected chi connectivity index (χ2v) is 8.72. The van der Waals surface area contributed by atoms with Crippen molar-refractivity contribution in [3.63, 3.8) is 0 Å². The third kappa shape index (κ3) is 2.58. The van der Waals surface area contributed by atoms with Gasteiger partial charge in [-0.1, -0.05) is 92.4 Å². The number of ether oxygens (including phenoxy) is 1. The van der Waals surface area contributed by atoms with Gasteiger partial charge in [-0.25, -0.2) is 0 Å². The summed E-state index contributed by atoms with van der Waals surface area (Å²) in [6.07, 6.45) is 2.13. The lowest BCUT2D eigenvalue weighted by atomic mass is 9.77. The third-order valence-electron chi connectivity index (χ3n) is 6.56. The molecule has 31 heavy (non-hydrogen) atoms. The van der Waals surface area contributed by atoms with Gasteiger partial charge < -0.3 is 4.74 Å². The van der Waals surface area contributed by atoms with E-state index in [0.29, 0.717) is 6.61 Å². The normalized spacial score (nSPS) is 15.1. The average Bonchev–Trinajstić information content (AvgIpc) is 3.06. The lowest BCUT2D eigenvalue weighted by Gasteiger charge is -2.28. The van der Waals surface area contributed by atoms with Crippen LogP contribution in [0.15, 0.2) is 84.9 Å². The van der Waals surface area contributed by atoms with Crippen LogP contribution in [0.1, 0.15) is 36.1 Å². The van der Waals surface area contributed by atoms with E-state index in [1.807, 2.05) is 18.2 Å². The maximum Gasteiger partial charge on any atom is 0.136 e. The maximum absolute atomic E-state index is 6.29. The van der Waals surface area contributed by atoms with Crippen LogP contribution in [0, 0.1) is 11.8 Å². The lowest BCUT2D eigenvalue weighted by Crippen LogP contribution is -2.19. The Morgan fingerprint density at radius 1 is 0.742 bits per heavy atom. The monoisotopic (exact) mass is 398 g/mol. The van der Waals surface area contributed by atoms with Crippen molar-refractivity contribution in [1.29, 1.82) is 0 Å². The minimum Gasteiger partial charge on any atom is -0.488 e. The third-order valence-corrected chi connectivity index (χ3v) is 6.56. The van der Waals surface area contributed by atoms with Gasteiger partial charge in [0.2, 0.25) is 0 Å². The van der Waals surface area contributed by atoms with Gasteiger partial charge in [-0.05, 0) is 45.8 Å². The first kappa shape index (κ1) is 18.0. The Morgan fingerprint density at radius 2 is 1.45 bits per heavy atom. The second kappa shape index (κ2) is 6.62. The average molecular weight is 399 g/mol. The van der Waals surface area contributed by atoms with Gasteiger partial charge in [0.25, 0.3) is 0 Å². The van der Waals surface area contributed by atoms with Crippen molar-refractivity contribution in [3.05, 3.63) is 107 Å². The molecule has 0 radical (unpaired) electrons. The van der Waals surface area contributed by atoms with Gasteiger partial charge in [-0.15, -0.1) is 0 Å². The highest BCUT2D eigenvalue weighted by molar-refractivity contribution is 6.10.